The van der Waals surface area contributed by atoms with Gasteiger partial charge >= 0.3 is 0 Å². The largest absolute Gasteiger partial charge is 0.259 e. The van der Waals surface area contributed by atoms with Crippen LogP contribution in [0, 0.1) is 10.1 Å². The molecule has 4 heteroatoms. The molecule has 0 bridgehead atoms. The molecule has 80 valence electrons. The molecule has 2 rings (SSSR count). The first kappa shape index (κ1) is 10.8. The lowest BCUT2D eigenvalue weighted by molar-refractivity contribution is -0.400. The summed E-state index contributed by atoms with van der Waals surface area (Å²) in [7, 11) is 0. The SMILES string of the molecule is O=[N+]([O-])C=Cc1ccc2ccccc2c1Br. The van der Waals surface area contributed by atoms with Crippen molar-refractivity contribution in [1.29, 1.82) is 0 Å². The molecule has 0 spiro atoms. The van der Waals surface area contributed by atoms with Crippen molar-refractivity contribution in [2.75, 3.05) is 0 Å². The Morgan fingerprint density at radius 3 is 2.69 bits per heavy atom. The lowest BCUT2D eigenvalue weighted by Crippen LogP contribution is -1.84. The normalized spacial score (nSPS) is 11.1. The quantitative estimate of drug-likeness (QED) is 0.618. The van der Waals surface area contributed by atoms with Gasteiger partial charge in [0.25, 0.3) is 0 Å². The highest BCUT2D eigenvalue weighted by Gasteiger charge is 2.02. The van der Waals surface area contributed by atoms with E-state index in [0.717, 1.165) is 27.0 Å². The van der Waals surface area contributed by atoms with Crippen LogP contribution in [0.4, 0.5) is 0 Å². The van der Waals surface area contributed by atoms with Gasteiger partial charge in [-0.15, -0.1) is 0 Å². The molecule has 2 aromatic carbocycles. The Morgan fingerprint density at radius 2 is 1.94 bits per heavy atom. The van der Waals surface area contributed by atoms with Crippen LogP contribution in [0.1, 0.15) is 5.56 Å². The van der Waals surface area contributed by atoms with Gasteiger partial charge in [0.2, 0.25) is 6.20 Å². The Balaban J connectivity index is 2.56. The van der Waals surface area contributed by atoms with E-state index in [0.29, 0.717) is 0 Å². The number of fused-ring (bicyclic) bond motifs is 1. The summed E-state index contributed by atoms with van der Waals surface area (Å²) in [5.74, 6) is 0. The Morgan fingerprint density at radius 1 is 1.19 bits per heavy atom. The molecule has 0 aliphatic heterocycles. The fourth-order valence-electron chi connectivity index (χ4n) is 1.52. The van der Waals surface area contributed by atoms with Gasteiger partial charge < -0.3 is 0 Å². The van der Waals surface area contributed by atoms with Gasteiger partial charge in [-0.05, 0) is 32.3 Å². The monoisotopic (exact) mass is 277 g/mol. The maximum Gasteiger partial charge on any atom is 0.235 e. The van der Waals surface area contributed by atoms with Gasteiger partial charge in [0.05, 0.1) is 4.92 Å². The van der Waals surface area contributed by atoms with E-state index in [2.05, 4.69) is 15.9 Å². The maximum absolute atomic E-state index is 10.3. The molecule has 0 amide bonds. The Labute approximate surface area is 101 Å². The molecule has 0 aromatic heterocycles. The van der Waals surface area contributed by atoms with Crippen LogP contribution in [-0.4, -0.2) is 4.92 Å². The van der Waals surface area contributed by atoms with Crippen molar-refractivity contribution in [3.63, 3.8) is 0 Å². The smallest absolute Gasteiger partial charge is 0.235 e. The number of hydrogen-bond acceptors (Lipinski definition) is 2. The van der Waals surface area contributed by atoms with E-state index in [4.69, 9.17) is 0 Å². The third-order valence-corrected chi connectivity index (χ3v) is 3.15. The first-order valence-electron chi connectivity index (χ1n) is 4.67. The molecule has 0 unspecified atom stereocenters. The molecule has 0 fully saturated rings. The zero-order valence-electron chi connectivity index (χ0n) is 8.26. The van der Waals surface area contributed by atoms with Gasteiger partial charge in [0.1, 0.15) is 0 Å². The van der Waals surface area contributed by atoms with E-state index >= 15 is 0 Å². The van der Waals surface area contributed by atoms with Crippen molar-refractivity contribution < 1.29 is 4.92 Å². The summed E-state index contributed by atoms with van der Waals surface area (Å²) in [6.45, 7) is 0. The molecular weight excluding hydrogens is 270 g/mol. The van der Waals surface area contributed by atoms with Gasteiger partial charge in [-0.25, -0.2) is 0 Å². The Bertz CT molecular complexity index is 578. The number of hydrogen-bond donors (Lipinski definition) is 0. The molecule has 0 saturated carbocycles. The molecule has 0 saturated heterocycles. The molecule has 0 radical (unpaired) electrons. The number of nitrogens with zero attached hydrogens (tertiary/aromatic N) is 1. The van der Waals surface area contributed by atoms with Crippen molar-refractivity contribution in [3.05, 3.63) is 62.7 Å². The second-order valence-corrected chi connectivity index (χ2v) is 4.08. The third kappa shape index (κ3) is 2.12. The van der Waals surface area contributed by atoms with Crippen LogP contribution in [0.25, 0.3) is 16.8 Å². The highest BCUT2D eigenvalue weighted by molar-refractivity contribution is 9.10. The lowest BCUT2D eigenvalue weighted by Gasteiger charge is -2.03. The summed E-state index contributed by atoms with van der Waals surface area (Å²) in [5, 5.41) is 12.4. The van der Waals surface area contributed by atoms with Crippen LogP contribution in [0.3, 0.4) is 0 Å². The molecule has 0 aliphatic rings. The van der Waals surface area contributed by atoms with Crippen molar-refractivity contribution in [2.45, 2.75) is 0 Å². The average Bonchev–Trinajstić information content (AvgIpc) is 2.28. The fraction of sp³-hybridized carbons (Fsp3) is 0. The van der Waals surface area contributed by atoms with Gasteiger partial charge in [-0.2, -0.15) is 0 Å². The number of benzene rings is 2. The van der Waals surface area contributed by atoms with Crippen molar-refractivity contribution in [1.82, 2.24) is 0 Å². The standard InChI is InChI=1S/C12H8BrNO2/c13-12-10(7-8-14(15)16)6-5-9-3-1-2-4-11(9)12/h1-8H. The number of rotatable bonds is 2. The van der Waals surface area contributed by atoms with Crippen LogP contribution in [-0.2, 0) is 0 Å². The van der Waals surface area contributed by atoms with Crippen LogP contribution in [0.2, 0.25) is 0 Å². The van der Waals surface area contributed by atoms with E-state index in [9.17, 15) is 10.1 Å². The maximum atomic E-state index is 10.3. The molecule has 2 aromatic rings. The van der Waals surface area contributed by atoms with Crippen molar-refractivity contribution in [2.24, 2.45) is 0 Å². The van der Waals surface area contributed by atoms with E-state index in [1.807, 2.05) is 36.4 Å². The van der Waals surface area contributed by atoms with Gasteiger partial charge in [-0.1, -0.05) is 36.4 Å². The van der Waals surface area contributed by atoms with Crippen molar-refractivity contribution in [3.8, 4) is 0 Å². The zero-order valence-corrected chi connectivity index (χ0v) is 9.85. The van der Waals surface area contributed by atoms with E-state index in [-0.39, 0.29) is 0 Å². The minimum absolute atomic E-state index is 0.471. The second kappa shape index (κ2) is 4.45. The topological polar surface area (TPSA) is 43.1 Å². The van der Waals surface area contributed by atoms with Gasteiger partial charge in [0.15, 0.2) is 0 Å². The predicted octanol–water partition coefficient (Wildman–Crippen LogP) is 3.85. The van der Waals surface area contributed by atoms with E-state index < -0.39 is 4.92 Å². The van der Waals surface area contributed by atoms with Crippen molar-refractivity contribution >= 4 is 32.8 Å². The minimum atomic E-state index is -0.471. The highest BCUT2D eigenvalue weighted by atomic mass is 79.9. The summed E-state index contributed by atoms with van der Waals surface area (Å²) >= 11 is 3.46. The summed E-state index contributed by atoms with van der Waals surface area (Å²) in [4.78, 5) is 9.78. The molecule has 16 heavy (non-hydrogen) atoms. The van der Waals surface area contributed by atoms with Crippen LogP contribution in [0.5, 0.6) is 0 Å². The second-order valence-electron chi connectivity index (χ2n) is 3.29. The summed E-state index contributed by atoms with van der Waals surface area (Å²) < 4.78 is 0.878. The van der Waals surface area contributed by atoms with E-state index in [1.54, 1.807) is 0 Å². The average molecular weight is 278 g/mol. The molecule has 0 atom stereocenters. The summed E-state index contributed by atoms with van der Waals surface area (Å²) in [6, 6.07) is 11.7. The zero-order chi connectivity index (χ0) is 11.5. The van der Waals surface area contributed by atoms with Crippen LogP contribution in [0.15, 0.2) is 47.1 Å². The van der Waals surface area contributed by atoms with Gasteiger partial charge in [-0.3, -0.25) is 10.1 Å². The highest BCUT2D eigenvalue weighted by Crippen LogP contribution is 2.28. The predicted molar refractivity (Wildman–Crippen MR) is 67.7 cm³/mol. The fourth-order valence-corrected chi connectivity index (χ4v) is 2.15. The first-order valence-corrected chi connectivity index (χ1v) is 5.47. The number of halogens is 1. The Kier molecular flexibility index (Phi) is 3.01. The summed E-state index contributed by atoms with van der Waals surface area (Å²) in [6.07, 6.45) is 2.42. The lowest BCUT2D eigenvalue weighted by atomic mass is 10.1. The third-order valence-electron chi connectivity index (χ3n) is 2.27. The molecule has 0 N–H and O–H groups in total. The van der Waals surface area contributed by atoms with E-state index in [1.165, 1.54) is 6.08 Å². The molecule has 3 nitrogen and oxygen atoms in total. The van der Waals surface area contributed by atoms with Crippen LogP contribution >= 0.6 is 15.9 Å². The van der Waals surface area contributed by atoms with Crippen LogP contribution < -0.4 is 0 Å². The van der Waals surface area contributed by atoms with Gasteiger partial charge in [0, 0.05) is 10.5 Å². The molecule has 0 aliphatic carbocycles. The first-order chi connectivity index (χ1) is 7.68. The Hall–Kier alpha value is -1.68. The molecule has 0 heterocycles. The summed E-state index contributed by atoms with van der Waals surface area (Å²) in [5.41, 5.74) is 0.801. The minimum Gasteiger partial charge on any atom is -0.259 e. The number of nitro groups is 1. The molecular formula is C12H8BrNO2.